The van der Waals surface area contributed by atoms with E-state index in [1.807, 2.05) is 0 Å². The first-order chi connectivity index (χ1) is 8.00. The highest BCUT2D eigenvalue weighted by Gasteiger charge is 2.10. The molecule has 1 aromatic rings. The van der Waals surface area contributed by atoms with Gasteiger partial charge in [-0.2, -0.15) is 0 Å². The van der Waals surface area contributed by atoms with Gasteiger partial charge >= 0.3 is 5.97 Å². The van der Waals surface area contributed by atoms with Gasteiger partial charge in [-0.15, -0.1) is 0 Å². The largest absolute Gasteiger partial charge is 0.494 e. The Bertz CT molecular complexity index is 390. The quantitative estimate of drug-likeness (QED) is 0.621. The summed E-state index contributed by atoms with van der Waals surface area (Å²) in [6.45, 7) is -0.0995. The smallest absolute Gasteiger partial charge is 0.303 e. The van der Waals surface area contributed by atoms with Crippen LogP contribution in [-0.2, 0) is 16.1 Å². The van der Waals surface area contributed by atoms with E-state index in [1.165, 1.54) is 12.1 Å². The molecule has 0 atom stereocenters. The number of ketones is 1. The van der Waals surface area contributed by atoms with Gasteiger partial charge in [-0.3, -0.25) is 14.2 Å². The van der Waals surface area contributed by atoms with Crippen LogP contribution in [0.3, 0.4) is 0 Å². The third-order valence-electron chi connectivity index (χ3n) is 2.37. The second kappa shape index (κ2) is 5.93. The summed E-state index contributed by atoms with van der Waals surface area (Å²) in [5.74, 6) is -1.36. The third kappa shape index (κ3) is 4.18. The van der Waals surface area contributed by atoms with Crippen molar-refractivity contribution in [2.45, 2.75) is 32.2 Å². The minimum absolute atomic E-state index is 0.0489. The highest BCUT2D eigenvalue weighted by Crippen LogP contribution is 2.20. The van der Waals surface area contributed by atoms with Crippen molar-refractivity contribution in [3.8, 4) is 11.8 Å². The zero-order valence-electron chi connectivity index (χ0n) is 9.30. The zero-order chi connectivity index (χ0) is 12.8. The second-order valence-corrected chi connectivity index (χ2v) is 3.78. The molecule has 0 unspecified atom stereocenters. The number of aliphatic carboxylic acids is 1. The van der Waals surface area contributed by atoms with Gasteiger partial charge in [-0.25, -0.2) is 0 Å². The molecule has 0 fully saturated rings. The fraction of sp³-hybridized carbons (Fsp3) is 0.455. The number of nitrogens with zero attached hydrogens (tertiary/aromatic N) is 1. The van der Waals surface area contributed by atoms with Crippen LogP contribution >= 0.6 is 0 Å². The van der Waals surface area contributed by atoms with Crippen LogP contribution in [0.25, 0.3) is 0 Å². The Balaban J connectivity index is 2.33. The number of aromatic hydroxyl groups is 2. The minimum Gasteiger partial charge on any atom is -0.494 e. The Labute approximate surface area is 98.1 Å². The van der Waals surface area contributed by atoms with Gasteiger partial charge in [0.25, 0.3) is 0 Å². The molecule has 3 N–H and O–H groups in total. The van der Waals surface area contributed by atoms with Gasteiger partial charge in [0, 0.05) is 25.0 Å². The monoisotopic (exact) mass is 241 g/mol. The molecule has 0 bridgehead atoms. The first-order valence-electron chi connectivity index (χ1n) is 5.31. The number of Topliss-reactive ketones (excluding diaryl/α,β-unsaturated/α-hetero) is 1. The molecule has 0 aliphatic heterocycles. The lowest BCUT2D eigenvalue weighted by Gasteiger charge is -2.05. The van der Waals surface area contributed by atoms with Gasteiger partial charge in [0.05, 0.1) is 6.54 Å². The first-order valence-corrected chi connectivity index (χ1v) is 5.31. The number of unbranched alkanes of at least 4 members (excludes halogenated alkanes) is 1. The highest BCUT2D eigenvalue weighted by atomic mass is 16.4. The number of carbonyl (C=O) groups is 2. The van der Waals surface area contributed by atoms with Gasteiger partial charge in [0.1, 0.15) is 0 Å². The molecular formula is C11H15NO5. The van der Waals surface area contributed by atoms with E-state index in [0.29, 0.717) is 12.8 Å². The average Bonchev–Trinajstić information content (AvgIpc) is 2.56. The predicted molar refractivity (Wildman–Crippen MR) is 58.9 cm³/mol. The number of carbonyl (C=O) groups excluding carboxylic acids is 1. The van der Waals surface area contributed by atoms with Crippen LogP contribution in [0.2, 0.25) is 0 Å². The minimum atomic E-state index is -0.877. The molecule has 0 aromatic carbocycles. The van der Waals surface area contributed by atoms with E-state index in [9.17, 15) is 19.8 Å². The Morgan fingerprint density at radius 3 is 2.12 bits per heavy atom. The Morgan fingerprint density at radius 2 is 1.59 bits per heavy atom. The Hall–Kier alpha value is -1.98. The summed E-state index contributed by atoms with van der Waals surface area (Å²) >= 11 is 0. The summed E-state index contributed by atoms with van der Waals surface area (Å²) in [7, 11) is 0. The number of aromatic nitrogens is 1. The molecule has 1 rings (SSSR count). The van der Waals surface area contributed by atoms with Gasteiger partial charge < -0.3 is 15.3 Å². The molecule has 0 spiro atoms. The summed E-state index contributed by atoms with van der Waals surface area (Å²) in [6, 6.07) is 2.60. The average molecular weight is 241 g/mol. The standard InChI is InChI=1S/C11H15NO5/c13-8(3-1-2-4-11(16)17)7-12-9(14)5-6-10(12)15/h5-6,14-15H,1-4,7H2,(H,16,17). The molecule has 0 saturated heterocycles. The normalized spacial score (nSPS) is 10.4. The van der Waals surface area contributed by atoms with Crippen molar-refractivity contribution in [2.24, 2.45) is 0 Å². The van der Waals surface area contributed by atoms with E-state index >= 15 is 0 Å². The molecule has 6 nitrogen and oxygen atoms in total. The van der Waals surface area contributed by atoms with Crippen LogP contribution in [0.4, 0.5) is 0 Å². The second-order valence-electron chi connectivity index (χ2n) is 3.78. The summed E-state index contributed by atoms with van der Waals surface area (Å²) in [5, 5.41) is 27.0. The van der Waals surface area contributed by atoms with Crippen LogP contribution in [0.15, 0.2) is 12.1 Å². The number of hydrogen-bond donors (Lipinski definition) is 3. The lowest BCUT2D eigenvalue weighted by molar-refractivity contribution is -0.137. The van der Waals surface area contributed by atoms with E-state index in [1.54, 1.807) is 0 Å². The van der Waals surface area contributed by atoms with Crippen molar-refractivity contribution >= 4 is 11.8 Å². The summed E-state index contributed by atoms with van der Waals surface area (Å²) in [5.41, 5.74) is 0. The molecule has 0 saturated carbocycles. The molecule has 0 amide bonds. The maximum Gasteiger partial charge on any atom is 0.303 e. The van der Waals surface area contributed by atoms with Crippen LogP contribution in [-0.4, -0.2) is 31.6 Å². The lowest BCUT2D eigenvalue weighted by atomic mass is 10.1. The summed E-state index contributed by atoms with van der Waals surface area (Å²) in [4.78, 5) is 21.7. The Kier molecular flexibility index (Phi) is 4.56. The maximum absolute atomic E-state index is 11.5. The first kappa shape index (κ1) is 13.1. The number of rotatable bonds is 7. The van der Waals surface area contributed by atoms with Crippen LogP contribution in [0.5, 0.6) is 11.8 Å². The fourth-order valence-electron chi connectivity index (χ4n) is 1.46. The van der Waals surface area contributed by atoms with E-state index in [2.05, 4.69) is 0 Å². The van der Waals surface area contributed by atoms with Crippen molar-refractivity contribution in [1.82, 2.24) is 4.57 Å². The topological polar surface area (TPSA) is 99.8 Å². The molecular weight excluding hydrogens is 226 g/mol. The number of carboxylic acid groups (broad SMARTS) is 1. The molecule has 0 radical (unpaired) electrons. The summed E-state index contributed by atoms with van der Waals surface area (Å²) in [6.07, 6.45) is 1.23. The number of carboxylic acids is 1. The molecule has 0 aliphatic carbocycles. The molecule has 94 valence electrons. The van der Waals surface area contributed by atoms with E-state index < -0.39 is 5.97 Å². The van der Waals surface area contributed by atoms with Crippen molar-refractivity contribution in [3.63, 3.8) is 0 Å². The highest BCUT2D eigenvalue weighted by molar-refractivity contribution is 5.78. The summed E-state index contributed by atoms with van der Waals surface area (Å²) < 4.78 is 1.10. The van der Waals surface area contributed by atoms with Crippen LogP contribution in [0.1, 0.15) is 25.7 Å². The molecule has 1 aromatic heterocycles. The van der Waals surface area contributed by atoms with Crippen LogP contribution in [0, 0.1) is 0 Å². The number of hydrogen-bond acceptors (Lipinski definition) is 4. The molecule has 0 aliphatic rings. The SMILES string of the molecule is O=C(O)CCCCC(=O)Cn1c(O)ccc1O. The van der Waals surface area contributed by atoms with Crippen molar-refractivity contribution in [1.29, 1.82) is 0 Å². The van der Waals surface area contributed by atoms with Crippen molar-refractivity contribution in [3.05, 3.63) is 12.1 Å². The van der Waals surface area contributed by atoms with Gasteiger partial charge in [-0.05, 0) is 12.8 Å². The molecule has 17 heavy (non-hydrogen) atoms. The fourth-order valence-corrected chi connectivity index (χ4v) is 1.46. The predicted octanol–water partition coefficient (Wildman–Crippen LogP) is 1.11. The van der Waals surface area contributed by atoms with Gasteiger partial charge in [0.15, 0.2) is 17.5 Å². The van der Waals surface area contributed by atoms with Gasteiger partial charge in [0.2, 0.25) is 0 Å². The van der Waals surface area contributed by atoms with E-state index in [4.69, 9.17) is 5.11 Å². The van der Waals surface area contributed by atoms with Gasteiger partial charge in [-0.1, -0.05) is 0 Å². The maximum atomic E-state index is 11.5. The van der Waals surface area contributed by atoms with Crippen LogP contribution < -0.4 is 0 Å². The van der Waals surface area contributed by atoms with Crippen molar-refractivity contribution < 1.29 is 24.9 Å². The lowest BCUT2D eigenvalue weighted by Crippen LogP contribution is -2.09. The molecule has 6 heteroatoms. The third-order valence-corrected chi connectivity index (χ3v) is 2.37. The van der Waals surface area contributed by atoms with E-state index in [0.717, 1.165) is 4.57 Å². The zero-order valence-corrected chi connectivity index (χ0v) is 9.30. The Morgan fingerprint density at radius 1 is 1.06 bits per heavy atom. The van der Waals surface area contributed by atoms with Crippen molar-refractivity contribution in [2.75, 3.05) is 0 Å². The van der Waals surface area contributed by atoms with E-state index in [-0.39, 0.29) is 36.9 Å². The molecule has 1 heterocycles.